The Hall–Kier alpha value is -1.84. The molecule has 0 spiro atoms. The number of benzene rings is 2. The number of halogens is 1. The highest BCUT2D eigenvalue weighted by Gasteiger charge is 2.14. The molecule has 0 heterocycles. The van der Waals surface area contributed by atoms with E-state index in [2.05, 4.69) is 30.4 Å². The lowest BCUT2D eigenvalue weighted by Gasteiger charge is -2.21. The van der Waals surface area contributed by atoms with Crippen LogP contribution < -0.4 is 5.32 Å². The van der Waals surface area contributed by atoms with Crippen molar-refractivity contribution in [2.24, 2.45) is 0 Å². The first-order chi connectivity index (χ1) is 11.5. The third-order valence-corrected chi connectivity index (χ3v) is 4.40. The Morgan fingerprint density at radius 2 is 1.92 bits per heavy atom. The van der Waals surface area contributed by atoms with Crippen molar-refractivity contribution in [1.29, 1.82) is 0 Å². The Kier molecular flexibility index (Phi) is 7.29. The second-order valence-electron chi connectivity index (χ2n) is 6.18. The minimum absolute atomic E-state index is 0.144. The number of hydrogen-bond donors (Lipinski definition) is 2. The number of aliphatic carboxylic acids is 1. The Morgan fingerprint density at radius 3 is 2.58 bits per heavy atom. The summed E-state index contributed by atoms with van der Waals surface area (Å²) < 4.78 is 0. The van der Waals surface area contributed by atoms with Crippen LogP contribution in [0.5, 0.6) is 0 Å². The van der Waals surface area contributed by atoms with Crippen molar-refractivity contribution in [2.45, 2.75) is 38.1 Å². The third kappa shape index (κ3) is 6.34. The molecular formula is C20H24ClNO2. The van der Waals surface area contributed by atoms with E-state index in [1.54, 1.807) is 0 Å². The van der Waals surface area contributed by atoms with Gasteiger partial charge in [0.05, 0.1) is 0 Å². The van der Waals surface area contributed by atoms with Gasteiger partial charge in [-0.15, -0.1) is 0 Å². The minimum Gasteiger partial charge on any atom is -0.481 e. The fourth-order valence-corrected chi connectivity index (χ4v) is 2.95. The van der Waals surface area contributed by atoms with Crippen molar-refractivity contribution in [3.05, 3.63) is 70.7 Å². The van der Waals surface area contributed by atoms with Crippen molar-refractivity contribution in [1.82, 2.24) is 5.32 Å². The van der Waals surface area contributed by atoms with Crippen LogP contribution in [0.15, 0.2) is 54.6 Å². The molecule has 0 aliphatic heterocycles. The van der Waals surface area contributed by atoms with Gasteiger partial charge in [0.2, 0.25) is 0 Å². The van der Waals surface area contributed by atoms with Crippen LogP contribution in [-0.4, -0.2) is 23.7 Å². The van der Waals surface area contributed by atoms with E-state index in [1.807, 2.05) is 36.4 Å². The number of rotatable bonds is 9. The molecule has 0 aliphatic rings. The Morgan fingerprint density at radius 1 is 1.17 bits per heavy atom. The number of hydrogen-bond acceptors (Lipinski definition) is 2. The second-order valence-corrected chi connectivity index (χ2v) is 6.62. The molecular weight excluding hydrogens is 322 g/mol. The molecule has 0 saturated heterocycles. The van der Waals surface area contributed by atoms with E-state index in [0.717, 1.165) is 18.0 Å². The fourth-order valence-electron chi connectivity index (χ4n) is 2.75. The molecule has 2 atom stereocenters. The van der Waals surface area contributed by atoms with Crippen LogP contribution in [0.4, 0.5) is 0 Å². The summed E-state index contributed by atoms with van der Waals surface area (Å²) in [5, 5.41) is 13.2. The van der Waals surface area contributed by atoms with E-state index >= 15 is 0 Å². The topological polar surface area (TPSA) is 49.3 Å². The largest absolute Gasteiger partial charge is 0.481 e. The molecule has 0 amide bonds. The molecule has 0 radical (unpaired) electrons. The number of carboxylic acids is 1. The average molecular weight is 346 g/mol. The average Bonchev–Trinajstić information content (AvgIpc) is 2.57. The highest BCUT2D eigenvalue weighted by molar-refractivity contribution is 6.30. The summed E-state index contributed by atoms with van der Waals surface area (Å²) in [7, 11) is 0. The van der Waals surface area contributed by atoms with Gasteiger partial charge in [0.15, 0.2) is 0 Å². The molecule has 3 nitrogen and oxygen atoms in total. The molecule has 2 rings (SSSR count). The molecule has 0 aromatic heterocycles. The van der Waals surface area contributed by atoms with E-state index in [1.165, 1.54) is 11.1 Å². The zero-order chi connectivity index (χ0) is 17.4. The van der Waals surface area contributed by atoms with Crippen molar-refractivity contribution < 1.29 is 9.90 Å². The van der Waals surface area contributed by atoms with Crippen LogP contribution in [-0.2, 0) is 11.2 Å². The first-order valence-electron chi connectivity index (χ1n) is 8.29. The van der Waals surface area contributed by atoms with Crippen LogP contribution in [0.1, 0.15) is 36.8 Å². The third-order valence-electron chi connectivity index (χ3n) is 4.16. The van der Waals surface area contributed by atoms with E-state index in [-0.39, 0.29) is 12.5 Å². The molecule has 24 heavy (non-hydrogen) atoms. The molecule has 2 unspecified atom stereocenters. The summed E-state index contributed by atoms with van der Waals surface area (Å²) in [4.78, 5) is 10.9. The van der Waals surface area contributed by atoms with Gasteiger partial charge in [0.25, 0.3) is 0 Å². The van der Waals surface area contributed by atoms with Crippen molar-refractivity contribution in [3.63, 3.8) is 0 Å². The predicted octanol–water partition coefficient (Wildman–Crippen LogP) is 4.51. The minimum atomic E-state index is -0.752. The second kappa shape index (κ2) is 9.45. The number of carbonyl (C=O) groups is 1. The summed E-state index contributed by atoms with van der Waals surface area (Å²) in [6.07, 6.45) is 1.62. The van der Waals surface area contributed by atoms with Gasteiger partial charge in [0, 0.05) is 24.0 Å². The van der Waals surface area contributed by atoms with Crippen LogP contribution in [0.3, 0.4) is 0 Å². The van der Waals surface area contributed by atoms with Gasteiger partial charge in [0.1, 0.15) is 0 Å². The molecule has 0 bridgehead atoms. The molecule has 2 aromatic carbocycles. The zero-order valence-corrected chi connectivity index (χ0v) is 14.7. The van der Waals surface area contributed by atoms with Crippen molar-refractivity contribution in [2.75, 3.05) is 6.54 Å². The summed E-state index contributed by atoms with van der Waals surface area (Å²) in [5.41, 5.74) is 2.41. The van der Waals surface area contributed by atoms with E-state index in [9.17, 15) is 4.79 Å². The SMILES string of the molecule is CC(CNC(CCC(=O)O)Cc1ccccc1)c1cccc(Cl)c1. The number of carboxylic acid groups (broad SMARTS) is 1. The Bertz CT molecular complexity index is 645. The Labute approximate surface area is 148 Å². The van der Waals surface area contributed by atoms with Gasteiger partial charge >= 0.3 is 5.97 Å². The quantitative estimate of drug-likeness (QED) is 0.703. The first-order valence-corrected chi connectivity index (χ1v) is 8.67. The maximum Gasteiger partial charge on any atom is 0.303 e. The molecule has 0 saturated carbocycles. The maximum absolute atomic E-state index is 10.9. The summed E-state index contributed by atoms with van der Waals surface area (Å²) in [5.74, 6) is -0.440. The van der Waals surface area contributed by atoms with Gasteiger partial charge in [-0.25, -0.2) is 0 Å². The predicted molar refractivity (Wildman–Crippen MR) is 98.7 cm³/mol. The van der Waals surface area contributed by atoms with Crippen molar-refractivity contribution in [3.8, 4) is 0 Å². The molecule has 2 aromatic rings. The van der Waals surface area contributed by atoms with Crippen LogP contribution in [0, 0.1) is 0 Å². The summed E-state index contributed by atoms with van der Waals surface area (Å²) >= 11 is 6.06. The van der Waals surface area contributed by atoms with Crippen LogP contribution >= 0.6 is 11.6 Å². The normalized spacial score (nSPS) is 13.4. The first kappa shape index (κ1) is 18.5. The standard InChI is InChI=1S/C20H24ClNO2/c1-15(17-8-5-9-18(21)13-17)14-22-19(10-11-20(23)24)12-16-6-3-2-4-7-16/h2-9,13,15,19,22H,10-12,14H2,1H3,(H,23,24). The molecule has 4 heteroatoms. The molecule has 0 fully saturated rings. The van der Waals surface area contributed by atoms with Crippen molar-refractivity contribution >= 4 is 17.6 Å². The lowest BCUT2D eigenvalue weighted by molar-refractivity contribution is -0.137. The summed E-state index contributed by atoms with van der Waals surface area (Å²) in [6, 6.07) is 18.2. The molecule has 128 valence electrons. The van der Waals surface area contributed by atoms with E-state index < -0.39 is 5.97 Å². The van der Waals surface area contributed by atoms with Gasteiger partial charge in [-0.3, -0.25) is 4.79 Å². The maximum atomic E-state index is 10.9. The van der Waals surface area contributed by atoms with Gasteiger partial charge in [-0.05, 0) is 42.0 Å². The molecule has 0 aliphatic carbocycles. The zero-order valence-electron chi connectivity index (χ0n) is 13.9. The Balaban J connectivity index is 1.95. The van der Waals surface area contributed by atoms with Gasteiger partial charge in [-0.1, -0.05) is 61.0 Å². The lowest BCUT2D eigenvalue weighted by atomic mass is 9.98. The molecule has 2 N–H and O–H groups in total. The smallest absolute Gasteiger partial charge is 0.303 e. The van der Waals surface area contributed by atoms with Crippen LogP contribution in [0.25, 0.3) is 0 Å². The van der Waals surface area contributed by atoms with Gasteiger partial charge < -0.3 is 10.4 Å². The van der Waals surface area contributed by atoms with E-state index in [4.69, 9.17) is 16.7 Å². The number of nitrogens with one attached hydrogen (secondary N) is 1. The summed E-state index contributed by atoms with van der Waals surface area (Å²) in [6.45, 7) is 2.94. The van der Waals surface area contributed by atoms with E-state index in [0.29, 0.717) is 12.3 Å². The van der Waals surface area contributed by atoms with Gasteiger partial charge in [-0.2, -0.15) is 0 Å². The lowest BCUT2D eigenvalue weighted by Crippen LogP contribution is -2.34. The highest BCUT2D eigenvalue weighted by atomic mass is 35.5. The highest BCUT2D eigenvalue weighted by Crippen LogP contribution is 2.19. The monoisotopic (exact) mass is 345 g/mol. The van der Waals surface area contributed by atoms with Crippen LogP contribution in [0.2, 0.25) is 5.02 Å². The fraction of sp³-hybridized carbons (Fsp3) is 0.350.